The number of rotatable bonds is 6. The van der Waals surface area contributed by atoms with E-state index < -0.39 is 0 Å². The number of hydrogen-bond donors (Lipinski definition) is 2. The fourth-order valence-electron chi connectivity index (χ4n) is 1.87. The molecule has 0 spiro atoms. The molecule has 0 atom stereocenters. The maximum absolute atomic E-state index is 5.03. The molecular formula is C15H21N5O. The lowest BCUT2D eigenvalue weighted by molar-refractivity contribution is 0.397. The minimum atomic E-state index is 0.618. The summed E-state index contributed by atoms with van der Waals surface area (Å²) in [5.74, 6) is 1.39. The van der Waals surface area contributed by atoms with Crippen LogP contribution in [-0.4, -0.2) is 36.2 Å². The Kier molecular flexibility index (Phi) is 5.63. The predicted octanol–water partition coefficient (Wildman–Crippen LogP) is 1.26. The summed E-state index contributed by atoms with van der Waals surface area (Å²) < 4.78 is 7.15. The third kappa shape index (κ3) is 4.83. The molecule has 2 N–H and O–H groups in total. The molecule has 0 radical (unpaired) electrons. The second kappa shape index (κ2) is 7.94. The molecule has 0 amide bonds. The molecule has 0 aliphatic heterocycles. The maximum atomic E-state index is 5.03. The first-order valence-electron chi connectivity index (χ1n) is 6.86. The summed E-state index contributed by atoms with van der Waals surface area (Å²) in [5.41, 5.74) is 1.07. The fraction of sp³-hybridized carbons (Fsp3) is 0.333. The van der Waals surface area contributed by atoms with Crippen molar-refractivity contribution in [1.29, 1.82) is 0 Å². The lowest BCUT2D eigenvalue weighted by Gasteiger charge is -2.12. The molecular weight excluding hydrogens is 266 g/mol. The predicted molar refractivity (Wildman–Crippen MR) is 83.4 cm³/mol. The van der Waals surface area contributed by atoms with E-state index in [9.17, 15) is 0 Å². The molecule has 2 heterocycles. The molecule has 112 valence electrons. The minimum absolute atomic E-state index is 0.618. The van der Waals surface area contributed by atoms with Crippen molar-refractivity contribution in [2.24, 2.45) is 4.99 Å². The lowest BCUT2D eigenvalue weighted by atomic mass is 10.3. The molecule has 0 saturated heterocycles. The number of ether oxygens (including phenoxy) is 1. The number of guanidine groups is 1. The van der Waals surface area contributed by atoms with Crippen molar-refractivity contribution in [3.05, 3.63) is 48.4 Å². The Morgan fingerprint density at radius 2 is 2.10 bits per heavy atom. The van der Waals surface area contributed by atoms with Gasteiger partial charge in [-0.15, -0.1) is 0 Å². The van der Waals surface area contributed by atoms with Crippen molar-refractivity contribution in [1.82, 2.24) is 20.2 Å². The second-order valence-corrected chi connectivity index (χ2v) is 4.48. The zero-order valence-electron chi connectivity index (χ0n) is 12.4. The number of hydrogen-bond acceptors (Lipinski definition) is 3. The van der Waals surface area contributed by atoms with Crippen molar-refractivity contribution >= 4 is 5.96 Å². The van der Waals surface area contributed by atoms with E-state index in [4.69, 9.17) is 4.74 Å². The van der Waals surface area contributed by atoms with Gasteiger partial charge in [0.05, 0.1) is 7.11 Å². The number of pyridine rings is 1. The van der Waals surface area contributed by atoms with E-state index in [-0.39, 0.29) is 0 Å². The summed E-state index contributed by atoms with van der Waals surface area (Å²) in [7, 11) is 3.37. The highest BCUT2D eigenvalue weighted by Crippen LogP contribution is 2.05. The Morgan fingerprint density at radius 3 is 2.71 bits per heavy atom. The van der Waals surface area contributed by atoms with E-state index in [0.29, 0.717) is 12.4 Å². The van der Waals surface area contributed by atoms with Crippen LogP contribution in [-0.2, 0) is 13.1 Å². The molecule has 2 rings (SSSR count). The summed E-state index contributed by atoms with van der Waals surface area (Å²) in [6.45, 7) is 2.38. The van der Waals surface area contributed by atoms with Crippen LogP contribution < -0.4 is 15.4 Å². The Morgan fingerprint density at radius 1 is 1.29 bits per heavy atom. The zero-order chi connectivity index (χ0) is 14.9. The summed E-state index contributed by atoms with van der Waals surface area (Å²) in [6, 6.07) is 7.86. The molecule has 0 aliphatic rings. The van der Waals surface area contributed by atoms with Crippen LogP contribution in [0.15, 0.2) is 47.8 Å². The molecule has 6 heteroatoms. The highest BCUT2D eigenvalue weighted by Gasteiger charge is 1.99. The molecule has 2 aromatic heterocycles. The number of aliphatic imine (C=N–C) groups is 1. The van der Waals surface area contributed by atoms with Crippen molar-refractivity contribution in [2.75, 3.05) is 20.7 Å². The number of aromatic nitrogens is 2. The standard InChI is InChI=1S/C15H21N5O/c1-16-15(17-7-10-20-8-3-4-9-20)19-12-13-5-6-14(21-2)18-11-13/h3-6,8-9,11H,7,10,12H2,1-2H3,(H2,16,17,19). The van der Waals surface area contributed by atoms with Gasteiger partial charge >= 0.3 is 0 Å². The first-order valence-corrected chi connectivity index (χ1v) is 6.86. The van der Waals surface area contributed by atoms with Crippen LogP contribution in [0.1, 0.15) is 5.56 Å². The Labute approximate surface area is 124 Å². The first kappa shape index (κ1) is 14.9. The lowest BCUT2D eigenvalue weighted by Crippen LogP contribution is -2.38. The number of nitrogens with one attached hydrogen (secondary N) is 2. The van der Waals surface area contributed by atoms with Gasteiger partial charge in [0.15, 0.2) is 5.96 Å². The third-order valence-corrected chi connectivity index (χ3v) is 3.02. The largest absolute Gasteiger partial charge is 0.481 e. The average Bonchev–Trinajstić information content (AvgIpc) is 3.04. The van der Waals surface area contributed by atoms with Gasteiger partial charge in [0.1, 0.15) is 0 Å². The van der Waals surface area contributed by atoms with Crippen molar-refractivity contribution in [3.8, 4) is 5.88 Å². The molecule has 0 saturated carbocycles. The van der Waals surface area contributed by atoms with Gasteiger partial charge in [-0.2, -0.15) is 0 Å². The zero-order valence-corrected chi connectivity index (χ0v) is 12.4. The molecule has 6 nitrogen and oxygen atoms in total. The smallest absolute Gasteiger partial charge is 0.212 e. The van der Waals surface area contributed by atoms with E-state index >= 15 is 0 Å². The van der Waals surface area contributed by atoms with E-state index in [0.717, 1.165) is 24.6 Å². The van der Waals surface area contributed by atoms with Crippen LogP contribution in [0.4, 0.5) is 0 Å². The van der Waals surface area contributed by atoms with Gasteiger partial charge in [-0.05, 0) is 17.7 Å². The van der Waals surface area contributed by atoms with E-state index in [1.54, 1.807) is 20.4 Å². The molecule has 0 aliphatic carbocycles. The van der Waals surface area contributed by atoms with Crippen molar-refractivity contribution < 1.29 is 4.74 Å². The van der Waals surface area contributed by atoms with Crippen LogP contribution in [0.3, 0.4) is 0 Å². The van der Waals surface area contributed by atoms with Gasteiger partial charge in [-0.1, -0.05) is 6.07 Å². The Bertz CT molecular complexity index is 548. The first-order chi connectivity index (χ1) is 10.3. The summed E-state index contributed by atoms with van der Waals surface area (Å²) >= 11 is 0. The summed E-state index contributed by atoms with van der Waals surface area (Å²) in [4.78, 5) is 8.37. The number of nitrogens with zero attached hydrogens (tertiary/aromatic N) is 3. The average molecular weight is 287 g/mol. The van der Waals surface area contributed by atoms with Crippen molar-refractivity contribution in [2.45, 2.75) is 13.1 Å². The summed E-state index contributed by atoms with van der Waals surface area (Å²) in [5, 5.41) is 6.53. The van der Waals surface area contributed by atoms with Gasteiger partial charge in [0, 0.05) is 51.3 Å². The maximum Gasteiger partial charge on any atom is 0.212 e. The normalized spacial score (nSPS) is 11.2. The van der Waals surface area contributed by atoms with Crippen LogP contribution in [0.5, 0.6) is 5.88 Å². The Balaban J connectivity index is 1.74. The van der Waals surface area contributed by atoms with Crippen molar-refractivity contribution in [3.63, 3.8) is 0 Å². The number of methoxy groups -OCH3 is 1. The van der Waals surface area contributed by atoms with Crippen LogP contribution in [0.25, 0.3) is 0 Å². The van der Waals surface area contributed by atoms with E-state index in [2.05, 4.69) is 25.2 Å². The second-order valence-electron chi connectivity index (χ2n) is 4.48. The van der Waals surface area contributed by atoms with Crippen LogP contribution >= 0.6 is 0 Å². The van der Waals surface area contributed by atoms with E-state index in [1.807, 2.05) is 36.7 Å². The molecule has 21 heavy (non-hydrogen) atoms. The third-order valence-electron chi connectivity index (χ3n) is 3.02. The molecule has 0 unspecified atom stereocenters. The Hall–Kier alpha value is -2.50. The highest BCUT2D eigenvalue weighted by atomic mass is 16.5. The molecule has 0 fully saturated rings. The van der Waals surface area contributed by atoms with Gasteiger partial charge in [0.25, 0.3) is 0 Å². The highest BCUT2D eigenvalue weighted by molar-refractivity contribution is 5.79. The van der Waals surface area contributed by atoms with Crippen LogP contribution in [0, 0.1) is 0 Å². The molecule has 0 aromatic carbocycles. The van der Waals surface area contributed by atoms with Gasteiger partial charge in [-0.25, -0.2) is 4.98 Å². The fourth-order valence-corrected chi connectivity index (χ4v) is 1.87. The minimum Gasteiger partial charge on any atom is -0.481 e. The van der Waals surface area contributed by atoms with Gasteiger partial charge in [0.2, 0.25) is 5.88 Å². The van der Waals surface area contributed by atoms with Gasteiger partial charge in [-0.3, -0.25) is 4.99 Å². The quantitative estimate of drug-likeness (QED) is 0.620. The molecule has 0 bridgehead atoms. The topological polar surface area (TPSA) is 63.5 Å². The van der Waals surface area contributed by atoms with Crippen LogP contribution in [0.2, 0.25) is 0 Å². The monoisotopic (exact) mass is 287 g/mol. The molecule has 2 aromatic rings. The SMILES string of the molecule is CN=C(NCCn1cccc1)NCc1ccc(OC)nc1. The summed E-state index contributed by atoms with van der Waals surface area (Å²) in [6.07, 6.45) is 5.88. The van der Waals surface area contributed by atoms with E-state index in [1.165, 1.54) is 0 Å². The van der Waals surface area contributed by atoms with Gasteiger partial charge < -0.3 is 19.9 Å².